The molecular formula is C22H28N2O2S. The number of anilines is 1. The molecule has 1 amide bonds. The first kappa shape index (κ1) is 18.5. The fraction of sp³-hybridized carbons (Fsp3) is 0.500. The average Bonchev–Trinajstić information content (AvgIpc) is 3.11. The molecule has 1 fully saturated rings. The van der Waals surface area contributed by atoms with Gasteiger partial charge in [0.1, 0.15) is 0 Å². The second kappa shape index (κ2) is 8.03. The maximum absolute atomic E-state index is 13.0. The topological polar surface area (TPSA) is 32.8 Å². The molecule has 5 heteroatoms. The van der Waals surface area contributed by atoms with Crippen LogP contribution in [0.2, 0.25) is 0 Å². The summed E-state index contributed by atoms with van der Waals surface area (Å²) in [5.41, 5.74) is 4.63. The lowest BCUT2D eigenvalue weighted by atomic mass is 9.88. The quantitative estimate of drug-likeness (QED) is 0.799. The Bertz CT molecular complexity index is 793. The molecule has 0 radical (unpaired) electrons. The number of hydrogen-bond acceptors (Lipinski definition) is 4. The van der Waals surface area contributed by atoms with Gasteiger partial charge in [-0.15, -0.1) is 11.3 Å². The summed E-state index contributed by atoms with van der Waals surface area (Å²) < 4.78 is 5.42. The zero-order valence-corrected chi connectivity index (χ0v) is 17.1. The molecule has 27 heavy (non-hydrogen) atoms. The molecule has 0 bridgehead atoms. The molecule has 144 valence electrons. The number of rotatable bonds is 4. The first-order chi connectivity index (χ1) is 13.1. The molecule has 0 spiro atoms. The number of amides is 1. The summed E-state index contributed by atoms with van der Waals surface area (Å²) in [5.74, 6) is 0.890. The summed E-state index contributed by atoms with van der Waals surface area (Å²) in [6, 6.07) is 8.60. The fourth-order valence-electron chi connectivity index (χ4n) is 4.04. The maximum atomic E-state index is 13.0. The average molecular weight is 385 g/mol. The van der Waals surface area contributed by atoms with Crippen LogP contribution < -0.4 is 4.90 Å². The van der Waals surface area contributed by atoms with E-state index in [1.54, 1.807) is 11.3 Å². The van der Waals surface area contributed by atoms with Gasteiger partial charge in [-0.05, 0) is 48.4 Å². The summed E-state index contributed by atoms with van der Waals surface area (Å²) >= 11 is 1.76. The van der Waals surface area contributed by atoms with E-state index in [1.165, 1.54) is 28.1 Å². The van der Waals surface area contributed by atoms with Crippen molar-refractivity contribution in [1.82, 2.24) is 4.90 Å². The molecule has 2 aromatic rings. The third-order valence-corrected chi connectivity index (χ3v) is 6.76. The Morgan fingerprint density at radius 1 is 1.26 bits per heavy atom. The van der Waals surface area contributed by atoms with Crippen molar-refractivity contribution in [3.63, 3.8) is 0 Å². The lowest BCUT2D eigenvalue weighted by Crippen LogP contribution is -2.36. The Morgan fingerprint density at radius 2 is 2.00 bits per heavy atom. The zero-order valence-electron chi connectivity index (χ0n) is 16.2. The van der Waals surface area contributed by atoms with Crippen LogP contribution in [0.5, 0.6) is 0 Å². The highest BCUT2D eigenvalue weighted by Crippen LogP contribution is 2.33. The van der Waals surface area contributed by atoms with E-state index in [4.69, 9.17) is 4.74 Å². The van der Waals surface area contributed by atoms with Gasteiger partial charge in [-0.3, -0.25) is 4.79 Å². The van der Waals surface area contributed by atoms with Crippen LogP contribution in [0.25, 0.3) is 0 Å². The van der Waals surface area contributed by atoms with Crippen molar-refractivity contribution < 1.29 is 9.53 Å². The molecule has 0 saturated carbocycles. The standard InChI is InChI=1S/C22H28N2O2S/c1-16-3-8-19-20(15-27-21(19)13-16)22(25)23(2)14-17-4-6-18(7-5-17)24-9-11-26-12-10-24/h4-7,15-16H,3,8-14H2,1-2H3. The molecule has 4 rings (SSSR count). The van der Waals surface area contributed by atoms with E-state index in [0.29, 0.717) is 6.54 Å². The normalized spacial score (nSPS) is 19.6. The van der Waals surface area contributed by atoms with Crippen molar-refractivity contribution in [2.75, 3.05) is 38.3 Å². The smallest absolute Gasteiger partial charge is 0.255 e. The van der Waals surface area contributed by atoms with Crippen molar-refractivity contribution in [3.8, 4) is 0 Å². The zero-order chi connectivity index (χ0) is 18.8. The molecule has 1 saturated heterocycles. The summed E-state index contributed by atoms with van der Waals surface area (Å²) in [5, 5.41) is 2.07. The van der Waals surface area contributed by atoms with Gasteiger partial charge in [0.25, 0.3) is 5.91 Å². The van der Waals surface area contributed by atoms with Gasteiger partial charge < -0.3 is 14.5 Å². The van der Waals surface area contributed by atoms with E-state index < -0.39 is 0 Å². The van der Waals surface area contributed by atoms with Crippen LogP contribution >= 0.6 is 11.3 Å². The van der Waals surface area contributed by atoms with E-state index in [0.717, 1.165) is 50.6 Å². The van der Waals surface area contributed by atoms with Gasteiger partial charge in [0, 0.05) is 42.6 Å². The Hall–Kier alpha value is -1.85. The summed E-state index contributed by atoms with van der Waals surface area (Å²) in [6.45, 7) is 6.42. The van der Waals surface area contributed by atoms with Crippen LogP contribution in [0.1, 0.15) is 39.7 Å². The highest BCUT2D eigenvalue weighted by atomic mass is 32.1. The summed E-state index contributed by atoms with van der Waals surface area (Å²) in [6.07, 6.45) is 3.36. The van der Waals surface area contributed by atoms with Crippen molar-refractivity contribution in [2.24, 2.45) is 5.92 Å². The predicted molar refractivity (Wildman–Crippen MR) is 111 cm³/mol. The molecule has 1 aromatic carbocycles. The van der Waals surface area contributed by atoms with Gasteiger partial charge >= 0.3 is 0 Å². The summed E-state index contributed by atoms with van der Waals surface area (Å²) in [4.78, 5) is 18.6. The number of morpholine rings is 1. The van der Waals surface area contributed by atoms with E-state index in [1.807, 2.05) is 11.9 Å². The number of thiophene rings is 1. The molecule has 1 atom stereocenters. The van der Waals surface area contributed by atoms with Crippen LogP contribution in [0.4, 0.5) is 5.69 Å². The maximum Gasteiger partial charge on any atom is 0.255 e. The molecule has 1 unspecified atom stereocenters. The third-order valence-electron chi connectivity index (χ3n) is 5.71. The van der Waals surface area contributed by atoms with Crippen molar-refractivity contribution in [2.45, 2.75) is 32.7 Å². The largest absolute Gasteiger partial charge is 0.378 e. The predicted octanol–water partition coefficient (Wildman–Crippen LogP) is 3.98. The van der Waals surface area contributed by atoms with Gasteiger partial charge in [0.05, 0.1) is 18.8 Å². The van der Waals surface area contributed by atoms with Crippen LogP contribution in [-0.4, -0.2) is 44.2 Å². The monoisotopic (exact) mass is 384 g/mol. The number of ether oxygens (including phenoxy) is 1. The minimum atomic E-state index is 0.152. The Morgan fingerprint density at radius 3 is 2.74 bits per heavy atom. The third kappa shape index (κ3) is 4.04. The van der Waals surface area contributed by atoms with Gasteiger partial charge in [0.2, 0.25) is 0 Å². The number of carbonyl (C=O) groups is 1. The molecule has 2 aliphatic rings. The number of fused-ring (bicyclic) bond motifs is 1. The fourth-order valence-corrected chi connectivity index (χ4v) is 5.28. The number of hydrogen-bond donors (Lipinski definition) is 0. The van der Waals surface area contributed by atoms with Crippen molar-refractivity contribution in [3.05, 3.63) is 51.2 Å². The van der Waals surface area contributed by atoms with E-state index in [2.05, 4.69) is 41.5 Å². The highest BCUT2D eigenvalue weighted by molar-refractivity contribution is 7.10. The second-order valence-electron chi connectivity index (χ2n) is 7.83. The summed E-state index contributed by atoms with van der Waals surface area (Å²) in [7, 11) is 1.91. The molecule has 1 aliphatic carbocycles. The van der Waals surface area contributed by atoms with Gasteiger partial charge in [0.15, 0.2) is 0 Å². The van der Waals surface area contributed by atoms with E-state index in [9.17, 15) is 4.79 Å². The minimum Gasteiger partial charge on any atom is -0.378 e. The highest BCUT2D eigenvalue weighted by Gasteiger charge is 2.24. The lowest BCUT2D eigenvalue weighted by molar-refractivity contribution is 0.0784. The van der Waals surface area contributed by atoms with Crippen LogP contribution in [0.3, 0.4) is 0 Å². The van der Waals surface area contributed by atoms with E-state index in [-0.39, 0.29) is 5.91 Å². The lowest BCUT2D eigenvalue weighted by Gasteiger charge is -2.29. The van der Waals surface area contributed by atoms with Gasteiger partial charge in [-0.1, -0.05) is 19.1 Å². The van der Waals surface area contributed by atoms with Gasteiger partial charge in [-0.25, -0.2) is 0 Å². The van der Waals surface area contributed by atoms with Crippen LogP contribution in [-0.2, 0) is 24.1 Å². The van der Waals surface area contributed by atoms with Crippen molar-refractivity contribution in [1.29, 1.82) is 0 Å². The molecule has 1 aromatic heterocycles. The van der Waals surface area contributed by atoms with Crippen LogP contribution in [0.15, 0.2) is 29.6 Å². The molecule has 4 nitrogen and oxygen atoms in total. The van der Waals surface area contributed by atoms with Gasteiger partial charge in [-0.2, -0.15) is 0 Å². The van der Waals surface area contributed by atoms with Crippen LogP contribution in [0, 0.1) is 5.92 Å². The number of carbonyl (C=O) groups excluding carboxylic acids is 1. The van der Waals surface area contributed by atoms with Crippen molar-refractivity contribution >= 4 is 22.9 Å². The second-order valence-corrected chi connectivity index (χ2v) is 8.79. The first-order valence-electron chi connectivity index (χ1n) is 9.88. The molecule has 2 heterocycles. The Kier molecular flexibility index (Phi) is 5.50. The number of nitrogens with zero attached hydrogens (tertiary/aromatic N) is 2. The molecule has 0 N–H and O–H groups in total. The Balaban J connectivity index is 1.41. The number of benzene rings is 1. The molecule has 1 aliphatic heterocycles. The Labute approximate surface area is 165 Å². The first-order valence-corrected chi connectivity index (χ1v) is 10.8. The van der Waals surface area contributed by atoms with E-state index >= 15 is 0 Å². The minimum absolute atomic E-state index is 0.152. The molecular weight excluding hydrogens is 356 g/mol. The SMILES string of the molecule is CC1CCc2c(C(=O)N(C)Cc3ccc(N4CCOCC4)cc3)csc2C1.